The van der Waals surface area contributed by atoms with Gasteiger partial charge in [-0.15, -0.1) is 0 Å². The molecule has 1 aromatic carbocycles. The van der Waals surface area contributed by atoms with Crippen molar-refractivity contribution >= 4 is 5.91 Å². The van der Waals surface area contributed by atoms with Crippen LogP contribution < -0.4 is 10.6 Å². The molecule has 24 heavy (non-hydrogen) atoms. The van der Waals surface area contributed by atoms with Gasteiger partial charge in [-0.3, -0.25) is 4.79 Å². The number of carbonyl (C=O) groups is 1. The maximum Gasteiger partial charge on any atom is 0.263 e. The summed E-state index contributed by atoms with van der Waals surface area (Å²) in [5.41, 5.74) is 0.714. The fourth-order valence-electron chi connectivity index (χ4n) is 1.89. The summed E-state index contributed by atoms with van der Waals surface area (Å²) in [6, 6.07) is 7.97. The molecule has 0 heterocycles. The molecule has 0 fully saturated rings. The van der Waals surface area contributed by atoms with Gasteiger partial charge in [-0.2, -0.15) is 5.26 Å². The topological polar surface area (TPSA) is 74.1 Å². The van der Waals surface area contributed by atoms with E-state index in [1.54, 1.807) is 12.1 Å². The molecule has 0 spiro atoms. The highest BCUT2D eigenvalue weighted by atomic mass is 19.1. The number of hydrogen-bond acceptors (Lipinski definition) is 4. The van der Waals surface area contributed by atoms with E-state index in [4.69, 9.17) is 10.00 Å². The Morgan fingerprint density at radius 3 is 2.88 bits per heavy atom. The monoisotopic (exact) mass is 333 g/mol. The van der Waals surface area contributed by atoms with Gasteiger partial charge in [0.25, 0.3) is 5.91 Å². The second kappa shape index (κ2) is 12.1. The van der Waals surface area contributed by atoms with Crippen molar-refractivity contribution in [3.8, 4) is 6.07 Å². The van der Waals surface area contributed by atoms with E-state index >= 15 is 0 Å². The molecule has 0 unspecified atom stereocenters. The predicted octanol–water partition coefficient (Wildman–Crippen LogP) is 2.65. The largest absolute Gasteiger partial charge is 0.386 e. The van der Waals surface area contributed by atoms with E-state index in [9.17, 15) is 9.18 Å². The van der Waals surface area contributed by atoms with Crippen molar-refractivity contribution in [2.45, 2.75) is 32.7 Å². The van der Waals surface area contributed by atoms with Gasteiger partial charge in [-0.25, -0.2) is 4.39 Å². The van der Waals surface area contributed by atoms with Crippen LogP contribution in [0.3, 0.4) is 0 Å². The van der Waals surface area contributed by atoms with Gasteiger partial charge in [-0.1, -0.05) is 25.5 Å². The first kappa shape index (κ1) is 19.7. The van der Waals surface area contributed by atoms with Gasteiger partial charge >= 0.3 is 0 Å². The molecule has 6 heteroatoms. The van der Waals surface area contributed by atoms with E-state index in [1.807, 2.05) is 6.07 Å². The normalized spacial score (nSPS) is 11.0. The minimum atomic E-state index is -0.433. The van der Waals surface area contributed by atoms with E-state index in [1.165, 1.54) is 18.3 Å². The van der Waals surface area contributed by atoms with Crippen LogP contribution in [0.25, 0.3) is 0 Å². The van der Waals surface area contributed by atoms with Gasteiger partial charge in [-0.05, 0) is 30.5 Å². The molecule has 0 bridgehead atoms. The lowest BCUT2D eigenvalue weighted by atomic mass is 10.2. The summed E-state index contributed by atoms with van der Waals surface area (Å²) < 4.78 is 18.4. The Hall–Kier alpha value is -2.39. The van der Waals surface area contributed by atoms with Crippen LogP contribution in [0, 0.1) is 17.1 Å². The van der Waals surface area contributed by atoms with Crippen molar-refractivity contribution in [2.75, 3.05) is 19.8 Å². The molecule has 0 aliphatic heterocycles. The highest BCUT2D eigenvalue weighted by Crippen LogP contribution is 2.03. The summed E-state index contributed by atoms with van der Waals surface area (Å²) in [5.74, 6) is -0.754. The fraction of sp³-hybridized carbons (Fsp3) is 0.444. The molecule has 0 aliphatic rings. The first-order valence-corrected chi connectivity index (χ1v) is 8.11. The van der Waals surface area contributed by atoms with Crippen LogP contribution in [0.2, 0.25) is 0 Å². The predicted molar refractivity (Wildman–Crippen MR) is 90.3 cm³/mol. The smallest absolute Gasteiger partial charge is 0.263 e. The van der Waals surface area contributed by atoms with Crippen molar-refractivity contribution in [3.63, 3.8) is 0 Å². The molecule has 2 N–H and O–H groups in total. The number of nitrogens with zero attached hydrogens (tertiary/aromatic N) is 1. The maximum atomic E-state index is 13.0. The highest BCUT2D eigenvalue weighted by Gasteiger charge is 2.07. The van der Waals surface area contributed by atoms with Crippen LogP contribution in [0.1, 0.15) is 31.7 Å². The minimum absolute atomic E-state index is 0.0155. The third-order valence-corrected chi connectivity index (χ3v) is 3.20. The molecule has 0 aromatic heterocycles. The third-order valence-electron chi connectivity index (χ3n) is 3.20. The number of rotatable bonds is 11. The highest BCUT2D eigenvalue weighted by molar-refractivity contribution is 5.97. The van der Waals surface area contributed by atoms with E-state index in [0.29, 0.717) is 26.1 Å². The zero-order valence-electron chi connectivity index (χ0n) is 14.0. The van der Waals surface area contributed by atoms with Gasteiger partial charge in [0, 0.05) is 32.5 Å². The zero-order valence-corrected chi connectivity index (χ0v) is 14.0. The van der Waals surface area contributed by atoms with Crippen molar-refractivity contribution in [2.24, 2.45) is 0 Å². The average molecular weight is 333 g/mol. The molecule has 5 nitrogen and oxygen atoms in total. The molecule has 0 radical (unpaired) electrons. The summed E-state index contributed by atoms with van der Waals surface area (Å²) in [6.45, 7) is 4.21. The van der Waals surface area contributed by atoms with Crippen LogP contribution in [0.15, 0.2) is 36.0 Å². The van der Waals surface area contributed by atoms with E-state index in [0.717, 1.165) is 25.0 Å². The Bertz CT molecular complexity index is 582. The van der Waals surface area contributed by atoms with Gasteiger partial charge in [0.1, 0.15) is 17.5 Å². The van der Waals surface area contributed by atoms with Gasteiger partial charge in [0.2, 0.25) is 0 Å². The molecule has 1 rings (SSSR count). The Morgan fingerprint density at radius 1 is 1.38 bits per heavy atom. The molecule has 1 amide bonds. The summed E-state index contributed by atoms with van der Waals surface area (Å²) >= 11 is 0. The van der Waals surface area contributed by atoms with E-state index < -0.39 is 5.91 Å². The number of hydrogen-bond donors (Lipinski definition) is 2. The van der Waals surface area contributed by atoms with Gasteiger partial charge in [0.05, 0.1) is 0 Å². The second-order valence-corrected chi connectivity index (χ2v) is 5.26. The lowest BCUT2D eigenvalue weighted by Crippen LogP contribution is -2.27. The van der Waals surface area contributed by atoms with Crippen molar-refractivity contribution in [1.82, 2.24) is 10.6 Å². The van der Waals surface area contributed by atoms with Crippen LogP contribution in [0.5, 0.6) is 0 Å². The molecular weight excluding hydrogens is 309 g/mol. The van der Waals surface area contributed by atoms with Crippen LogP contribution in [-0.2, 0) is 16.1 Å². The van der Waals surface area contributed by atoms with Crippen LogP contribution in [0.4, 0.5) is 4.39 Å². The molecule has 0 saturated heterocycles. The Labute approximate surface area is 142 Å². The summed E-state index contributed by atoms with van der Waals surface area (Å²) in [4.78, 5) is 11.9. The fourth-order valence-corrected chi connectivity index (χ4v) is 1.89. The van der Waals surface area contributed by atoms with Crippen LogP contribution >= 0.6 is 0 Å². The number of ether oxygens (including phenoxy) is 1. The number of halogens is 1. The third kappa shape index (κ3) is 8.30. The Kier molecular flexibility index (Phi) is 9.90. The van der Waals surface area contributed by atoms with E-state index in [2.05, 4.69) is 17.6 Å². The van der Waals surface area contributed by atoms with Crippen molar-refractivity contribution in [1.29, 1.82) is 5.26 Å². The minimum Gasteiger partial charge on any atom is -0.386 e. The summed E-state index contributed by atoms with van der Waals surface area (Å²) in [7, 11) is 0. The number of amides is 1. The average Bonchev–Trinajstić information content (AvgIpc) is 2.58. The summed E-state index contributed by atoms with van der Waals surface area (Å²) in [5, 5.41) is 14.6. The van der Waals surface area contributed by atoms with E-state index in [-0.39, 0.29) is 11.4 Å². The first-order valence-electron chi connectivity index (χ1n) is 8.11. The Morgan fingerprint density at radius 2 is 2.17 bits per heavy atom. The van der Waals surface area contributed by atoms with Crippen LogP contribution in [-0.4, -0.2) is 25.7 Å². The van der Waals surface area contributed by atoms with Gasteiger partial charge in [0.15, 0.2) is 0 Å². The first-order chi connectivity index (χ1) is 11.7. The molecule has 1 aromatic rings. The molecule has 130 valence electrons. The quantitative estimate of drug-likeness (QED) is 0.371. The van der Waals surface area contributed by atoms with Crippen molar-refractivity contribution < 1.29 is 13.9 Å². The Balaban J connectivity index is 2.28. The molecule has 0 atom stereocenters. The number of carbonyl (C=O) groups excluding carboxylic acids is 1. The SMILES string of the molecule is CCCCOCCCNC(=O)/C(C#N)=C\NCc1cccc(F)c1. The molecular formula is C18H24FN3O2. The number of unbranched alkanes of at least 4 members (excludes halogenated alkanes) is 1. The maximum absolute atomic E-state index is 13.0. The standard InChI is InChI=1S/C18H24FN3O2/c1-2-3-9-24-10-5-8-22-18(23)16(12-20)14-21-13-15-6-4-7-17(19)11-15/h4,6-7,11,14,21H,2-3,5,8-10,13H2,1H3,(H,22,23)/b16-14-. The zero-order chi connectivity index (χ0) is 17.6. The number of benzene rings is 1. The lowest BCUT2D eigenvalue weighted by Gasteiger charge is -2.06. The number of nitrogens with one attached hydrogen (secondary N) is 2. The number of nitriles is 1. The van der Waals surface area contributed by atoms with Crippen molar-refractivity contribution in [3.05, 3.63) is 47.4 Å². The molecule has 0 aliphatic carbocycles. The lowest BCUT2D eigenvalue weighted by molar-refractivity contribution is -0.117. The second-order valence-electron chi connectivity index (χ2n) is 5.26. The molecule has 0 saturated carbocycles. The van der Waals surface area contributed by atoms with Gasteiger partial charge < -0.3 is 15.4 Å². The summed E-state index contributed by atoms with van der Waals surface area (Å²) in [6.07, 6.45) is 4.17.